The van der Waals surface area contributed by atoms with Crippen LogP contribution in [0.5, 0.6) is 0 Å². The van der Waals surface area contributed by atoms with Crippen LogP contribution < -0.4 is 0 Å². The van der Waals surface area contributed by atoms with E-state index in [2.05, 4.69) is 10.4 Å². The van der Waals surface area contributed by atoms with Gasteiger partial charge in [-0.05, 0) is 19.8 Å². The Kier molecular flexibility index (Phi) is 4.09. The predicted octanol–water partition coefficient (Wildman–Crippen LogP) is 2.75. The Labute approximate surface area is 83.0 Å². The van der Waals surface area contributed by atoms with Crippen molar-refractivity contribution in [2.75, 3.05) is 0 Å². The summed E-state index contributed by atoms with van der Waals surface area (Å²) in [5, 5.41) is 3.21. The van der Waals surface area contributed by atoms with Gasteiger partial charge in [0.2, 0.25) is 0 Å². The molecule has 0 atom stereocenters. The second-order valence-electron chi connectivity index (χ2n) is 3.13. The van der Waals surface area contributed by atoms with Gasteiger partial charge < -0.3 is 0 Å². The maximum Gasteiger partial charge on any atom is 0.132 e. The van der Waals surface area contributed by atoms with Gasteiger partial charge in [0, 0.05) is 23.9 Å². The van der Waals surface area contributed by atoms with Gasteiger partial charge in [0.1, 0.15) is 5.78 Å². The lowest BCUT2D eigenvalue weighted by Gasteiger charge is -1.95. The van der Waals surface area contributed by atoms with E-state index < -0.39 is 0 Å². The van der Waals surface area contributed by atoms with Crippen LogP contribution in [-0.2, 0) is 11.2 Å². The molecule has 0 spiro atoms. The molecule has 0 fully saturated rings. The second kappa shape index (κ2) is 5.12. The van der Waals surface area contributed by atoms with E-state index in [9.17, 15) is 4.79 Å². The number of nitrogens with zero attached hydrogens (tertiary/aromatic N) is 1. The number of thiazole rings is 1. The molecule has 0 amide bonds. The highest BCUT2D eigenvalue weighted by Gasteiger charge is 2.01. The summed E-state index contributed by atoms with van der Waals surface area (Å²) in [5.74, 6) is 0.355. The number of rotatable bonds is 5. The van der Waals surface area contributed by atoms with Crippen LogP contribution in [0.4, 0.5) is 0 Å². The Morgan fingerprint density at radius 1 is 1.62 bits per heavy atom. The van der Waals surface area contributed by atoms with Crippen molar-refractivity contribution in [1.82, 2.24) is 4.98 Å². The summed E-state index contributed by atoms with van der Waals surface area (Å²) in [7, 11) is 0. The van der Waals surface area contributed by atoms with Crippen molar-refractivity contribution in [3.8, 4) is 0 Å². The smallest absolute Gasteiger partial charge is 0.132 e. The fourth-order valence-electron chi connectivity index (χ4n) is 1.13. The van der Waals surface area contributed by atoms with Crippen LogP contribution in [0.1, 0.15) is 36.9 Å². The summed E-state index contributed by atoms with van der Waals surface area (Å²) >= 11 is 1.69. The van der Waals surface area contributed by atoms with Gasteiger partial charge in [-0.1, -0.05) is 6.92 Å². The molecule has 1 aromatic rings. The van der Waals surface area contributed by atoms with Crippen molar-refractivity contribution < 1.29 is 4.79 Å². The Morgan fingerprint density at radius 3 is 2.92 bits per heavy atom. The average Bonchev–Trinajstić information content (AvgIpc) is 2.51. The van der Waals surface area contributed by atoms with Gasteiger partial charge in [0.05, 0.1) is 5.01 Å². The highest BCUT2D eigenvalue weighted by atomic mass is 32.1. The zero-order valence-electron chi connectivity index (χ0n) is 8.17. The predicted molar refractivity (Wildman–Crippen MR) is 55.1 cm³/mol. The first-order chi connectivity index (χ1) is 6.22. The lowest BCUT2D eigenvalue weighted by Crippen LogP contribution is -1.95. The highest BCUT2D eigenvalue weighted by Crippen LogP contribution is 2.11. The minimum Gasteiger partial charge on any atom is -0.300 e. The van der Waals surface area contributed by atoms with Gasteiger partial charge in [0.15, 0.2) is 0 Å². The monoisotopic (exact) mass is 197 g/mol. The van der Waals surface area contributed by atoms with Crippen LogP contribution in [0.25, 0.3) is 0 Å². The van der Waals surface area contributed by atoms with E-state index >= 15 is 0 Å². The quantitative estimate of drug-likeness (QED) is 0.726. The van der Waals surface area contributed by atoms with Crippen LogP contribution in [0.3, 0.4) is 0 Å². The Hall–Kier alpha value is -0.700. The topological polar surface area (TPSA) is 30.0 Å². The van der Waals surface area contributed by atoms with E-state index in [1.165, 1.54) is 0 Å². The normalized spacial score (nSPS) is 10.3. The molecule has 0 aliphatic carbocycles. The minimum absolute atomic E-state index is 0.355. The third kappa shape index (κ3) is 3.68. The number of Topliss-reactive ketones (excluding diaryl/α,β-unsaturated/α-hetero) is 1. The maximum absolute atomic E-state index is 11.0. The SMILES string of the molecule is CCC(=O)CCCc1nc(C)cs1. The number of aryl methyl sites for hydroxylation is 2. The summed E-state index contributed by atoms with van der Waals surface area (Å²) in [4.78, 5) is 15.3. The van der Waals surface area contributed by atoms with Crippen molar-refractivity contribution in [2.24, 2.45) is 0 Å². The summed E-state index contributed by atoms with van der Waals surface area (Å²) in [6, 6.07) is 0. The molecule has 0 aliphatic heterocycles. The summed E-state index contributed by atoms with van der Waals surface area (Å²) in [6.07, 6.45) is 3.26. The summed E-state index contributed by atoms with van der Waals surface area (Å²) in [6.45, 7) is 3.91. The first-order valence-corrected chi connectivity index (χ1v) is 5.53. The molecule has 1 rings (SSSR count). The van der Waals surface area contributed by atoms with Gasteiger partial charge in [-0.15, -0.1) is 11.3 Å². The van der Waals surface area contributed by atoms with Crippen molar-refractivity contribution >= 4 is 17.1 Å². The lowest BCUT2D eigenvalue weighted by atomic mass is 10.1. The molecule has 0 unspecified atom stereocenters. The molecule has 0 radical (unpaired) electrons. The Bertz CT molecular complexity index is 280. The second-order valence-corrected chi connectivity index (χ2v) is 4.07. The number of carbonyl (C=O) groups is 1. The number of aromatic nitrogens is 1. The molecular weight excluding hydrogens is 182 g/mol. The van der Waals surface area contributed by atoms with Gasteiger partial charge in [0.25, 0.3) is 0 Å². The van der Waals surface area contributed by atoms with Crippen molar-refractivity contribution in [1.29, 1.82) is 0 Å². The van der Waals surface area contributed by atoms with Crippen LogP contribution in [-0.4, -0.2) is 10.8 Å². The molecule has 0 aliphatic rings. The van der Waals surface area contributed by atoms with Crippen molar-refractivity contribution in [2.45, 2.75) is 39.5 Å². The number of hydrogen-bond acceptors (Lipinski definition) is 3. The first-order valence-electron chi connectivity index (χ1n) is 4.65. The molecule has 2 nitrogen and oxygen atoms in total. The van der Waals surface area contributed by atoms with Gasteiger partial charge in [-0.25, -0.2) is 4.98 Å². The molecule has 3 heteroatoms. The third-order valence-corrected chi connectivity index (χ3v) is 2.93. The van der Waals surface area contributed by atoms with Crippen LogP contribution in [0, 0.1) is 6.92 Å². The van der Waals surface area contributed by atoms with E-state index in [1.54, 1.807) is 11.3 Å². The Morgan fingerprint density at radius 2 is 2.38 bits per heavy atom. The number of ketones is 1. The van der Waals surface area contributed by atoms with Crippen molar-refractivity contribution in [3.63, 3.8) is 0 Å². The molecule has 0 saturated carbocycles. The molecule has 13 heavy (non-hydrogen) atoms. The van der Waals surface area contributed by atoms with Crippen LogP contribution in [0.15, 0.2) is 5.38 Å². The lowest BCUT2D eigenvalue weighted by molar-refractivity contribution is -0.118. The van der Waals surface area contributed by atoms with E-state index in [0.29, 0.717) is 18.6 Å². The van der Waals surface area contributed by atoms with Crippen LogP contribution in [0.2, 0.25) is 0 Å². The first kappa shape index (κ1) is 10.4. The van der Waals surface area contributed by atoms with E-state index in [1.807, 2.05) is 13.8 Å². The summed E-state index contributed by atoms with van der Waals surface area (Å²) < 4.78 is 0. The Balaban J connectivity index is 2.24. The van der Waals surface area contributed by atoms with E-state index in [4.69, 9.17) is 0 Å². The molecule has 0 aromatic carbocycles. The molecule has 72 valence electrons. The summed E-state index contributed by atoms with van der Waals surface area (Å²) in [5.41, 5.74) is 1.09. The minimum atomic E-state index is 0.355. The molecule has 0 saturated heterocycles. The van der Waals surface area contributed by atoms with Crippen LogP contribution >= 0.6 is 11.3 Å². The number of hydrogen-bond donors (Lipinski definition) is 0. The molecule has 1 aromatic heterocycles. The van der Waals surface area contributed by atoms with Gasteiger partial charge >= 0.3 is 0 Å². The van der Waals surface area contributed by atoms with Crippen molar-refractivity contribution in [3.05, 3.63) is 16.1 Å². The third-order valence-electron chi connectivity index (χ3n) is 1.91. The zero-order chi connectivity index (χ0) is 9.68. The number of carbonyl (C=O) groups excluding carboxylic acids is 1. The van der Waals surface area contributed by atoms with E-state index in [-0.39, 0.29) is 0 Å². The van der Waals surface area contributed by atoms with E-state index in [0.717, 1.165) is 23.5 Å². The molecule has 0 bridgehead atoms. The van der Waals surface area contributed by atoms with Gasteiger partial charge in [-0.2, -0.15) is 0 Å². The largest absolute Gasteiger partial charge is 0.300 e. The fourth-order valence-corrected chi connectivity index (χ4v) is 1.95. The highest BCUT2D eigenvalue weighted by molar-refractivity contribution is 7.09. The zero-order valence-corrected chi connectivity index (χ0v) is 8.99. The molecular formula is C10H15NOS. The maximum atomic E-state index is 11.0. The van der Waals surface area contributed by atoms with Gasteiger partial charge in [-0.3, -0.25) is 4.79 Å². The molecule has 0 N–H and O–H groups in total. The molecule has 1 heterocycles. The average molecular weight is 197 g/mol. The standard InChI is InChI=1S/C10H15NOS/c1-3-9(12)5-4-6-10-11-8(2)7-13-10/h7H,3-6H2,1-2H3. The fraction of sp³-hybridized carbons (Fsp3) is 0.600.